The molecular weight excluding hydrogens is 973 g/mol. The van der Waals surface area contributed by atoms with Crippen molar-refractivity contribution in [3.63, 3.8) is 0 Å². The molecule has 0 saturated heterocycles. The fourth-order valence-corrected chi connectivity index (χ4v) is 10.8. The molecule has 1 unspecified atom stereocenters. The van der Waals surface area contributed by atoms with Crippen LogP contribution in [0.25, 0.3) is 0 Å². The number of ether oxygens (including phenoxy) is 3. The van der Waals surface area contributed by atoms with E-state index < -0.39 is 6.10 Å². The fourth-order valence-electron chi connectivity index (χ4n) is 10.8. The number of carbonyl (C=O) groups excluding carboxylic acids is 3. The van der Waals surface area contributed by atoms with E-state index in [0.29, 0.717) is 19.3 Å². The summed E-state index contributed by atoms with van der Waals surface area (Å²) in [5.41, 5.74) is 0. The van der Waals surface area contributed by atoms with E-state index in [1.807, 2.05) is 0 Å². The molecule has 0 spiro atoms. The predicted molar refractivity (Wildman–Crippen MR) is 344 cm³/mol. The first-order valence-electron chi connectivity index (χ1n) is 35.5. The highest BCUT2D eigenvalue weighted by Crippen LogP contribution is 2.18. The van der Waals surface area contributed by atoms with Crippen molar-refractivity contribution in [3.05, 3.63) is 36.5 Å². The van der Waals surface area contributed by atoms with Crippen molar-refractivity contribution in [2.24, 2.45) is 0 Å². The number of allylic oxidation sites excluding steroid dienone is 6. The summed E-state index contributed by atoms with van der Waals surface area (Å²) >= 11 is 0. The molecule has 0 aliphatic rings. The van der Waals surface area contributed by atoms with Crippen LogP contribution in [-0.2, 0) is 28.6 Å². The van der Waals surface area contributed by atoms with E-state index in [9.17, 15) is 14.4 Å². The van der Waals surface area contributed by atoms with Gasteiger partial charge >= 0.3 is 17.9 Å². The van der Waals surface area contributed by atoms with E-state index in [0.717, 1.165) is 77.0 Å². The van der Waals surface area contributed by atoms with Crippen LogP contribution in [-0.4, -0.2) is 37.2 Å². The number of rotatable bonds is 66. The quantitative estimate of drug-likeness (QED) is 0.0261. The monoisotopic (exact) mass is 1110 g/mol. The predicted octanol–water partition coefficient (Wildman–Crippen LogP) is 24.3. The molecule has 0 aromatic rings. The lowest BCUT2D eigenvalue weighted by atomic mass is 10.0. The van der Waals surface area contributed by atoms with Crippen LogP contribution in [0.1, 0.15) is 393 Å². The molecule has 464 valence electrons. The van der Waals surface area contributed by atoms with Gasteiger partial charge in [-0.15, -0.1) is 0 Å². The molecular formula is C73H136O6. The second-order valence-corrected chi connectivity index (χ2v) is 24.1. The van der Waals surface area contributed by atoms with Crippen LogP contribution in [0.3, 0.4) is 0 Å². The molecule has 6 nitrogen and oxygen atoms in total. The number of hydrogen-bond donors (Lipinski definition) is 0. The lowest BCUT2D eigenvalue weighted by Crippen LogP contribution is -2.30. The van der Waals surface area contributed by atoms with Crippen molar-refractivity contribution < 1.29 is 28.6 Å². The first kappa shape index (κ1) is 76.6. The van der Waals surface area contributed by atoms with Crippen LogP contribution in [0, 0.1) is 0 Å². The Balaban J connectivity index is 4.25. The Kier molecular flexibility index (Phi) is 66.1. The van der Waals surface area contributed by atoms with Crippen molar-refractivity contribution in [3.8, 4) is 0 Å². The number of carbonyl (C=O) groups is 3. The summed E-state index contributed by atoms with van der Waals surface area (Å²) in [6.07, 6.45) is 84.6. The third-order valence-electron chi connectivity index (χ3n) is 16.1. The molecule has 0 N–H and O–H groups in total. The van der Waals surface area contributed by atoms with Crippen LogP contribution in [0.15, 0.2) is 36.5 Å². The molecule has 0 heterocycles. The van der Waals surface area contributed by atoms with E-state index in [1.54, 1.807) is 0 Å². The second kappa shape index (κ2) is 68.1. The number of hydrogen-bond acceptors (Lipinski definition) is 6. The van der Waals surface area contributed by atoms with Crippen LogP contribution in [0.4, 0.5) is 0 Å². The van der Waals surface area contributed by atoms with E-state index in [2.05, 4.69) is 57.2 Å². The van der Waals surface area contributed by atoms with Gasteiger partial charge in [0.05, 0.1) is 0 Å². The molecule has 0 saturated carbocycles. The average Bonchev–Trinajstić information content (AvgIpc) is 3.45. The minimum atomic E-state index is -0.777. The maximum absolute atomic E-state index is 13.0. The van der Waals surface area contributed by atoms with Gasteiger partial charge in [0.25, 0.3) is 0 Å². The zero-order valence-electron chi connectivity index (χ0n) is 53.4. The van der Waals surface area contributed by atoms with Gasteiger partial charge < -0.3 is 14.2 Å². The van der Waals surface area contributed by atoms with Gasteiger partial charge in [-0.25, -0.2) is 0 Å². The Labute approximate surface area is 493 Å². The van der Waals surface area contributed by atoms with E-state index in [-0.39, 0.29) is 31.1 Å². The van der Waals surface area contributed by atoms with Gasteiger partial charge in [-0.1, -0.05) is 340 Å². The van der Waals surface area contributed by atoms with Gasteiger partial charge in [-0.2, -0.15) is 0 Å². The minimum Gasteiger partial charge on any atom is -0.462 e. The Bertz CT molecular complexity index is 1320. The van der Waals surface area contributed by atoms with Gasteiger partial charge in [0, 0.05) is 19.3 Å². The zero-order chi connectivity index (χ0) is 57.1. The van der Waals surface area contributed by atoms with Crippen molar-refractivity contribution >= 4 is 17.9 Å². The maximum atomic E-state index is 13.0. The molecule has 0 amide bonds. The van der Waals surface area contributed by atoms with E-state index in [4.69, 9.17) is 14.2 Å². The molecule has 0 aromatic carbocycles. The summed E-state index contributed by atoms with van der Waals surface area (Å²) in [6.45, 7) is 6.66. The van der Waals surface area contributed by atoms with Crippen LogP contribution < -0.4 is 0 Å². The smallest absolute Gasteiger partial charge is 0.306 e. The van der Waals surface area contributed by atoms with Gasteiger partial charge in [0.2, 0.25) is 0 Å². The van der Waals surface area contributed by atoms with Gasteiger partial charge in [-0.05, 0) is 70.6 Å². The molecule has 0 fully saturated rings. The summed E-state index contributed by atoms with van der Waals surface area (Å²) < 4.78 is 17.0. The SMILES string of the molecule is CCCC/C=C\C/C=C\CCCCCCCC(=O)OCC(COC(=O)CCCCCCCCCCCCCCCCCCCCCCCCCC)OC(=O)CCCCCCCCCCCCC/C=C\CCCCCCCCCC. The molecule has 1 atom stereocenters. The molecule has 0 aliphatic heterocycles. The molecule has 0 rings (SSSR count). The van der Waals surface area contributed by atoms with Crippen LogP contribution in [0.2, 0.25) is 0 Å². The van der Waals surface area contributed by atoms with E-state index >= 15 is 0 Å². The van der Waals surface area contributed by atoms with Gasteiger partial charge in [0.15, 0.2) is 6.10 Å². The summed E-state index contributed by atoms with van der Waals surface area (Å²) in [5.74, 6) is -0.859. The second-order valence-electron chi connectivity index (χ2n) is 24.1. The summed E-state index contributed by atoms with van der Waals surface area (Å²) in [7, 11) is 0. The summed E-state index contributed by atoms with van der Waals surface area (Å²) in [6, 6.07) is 0. The Morgan fingerprint density at radius 3 is 0.747 bits per heavy atom. The molecule has 0 aromatic heterocycles. The third-order valence-corrected chi connectivity index (χ3v) is 16.1. The molecule has 79 heavy (non-hydrogen) atoms. The highest BCUT2D eigenvalue weighted by molar-refractivity contribution is 5.71. The minimum absolute atomic E-state index is 0.0721. The van der Waals surface area contributed by atoms with Gasteiger partial charge in [0.1, 0.15) is 13.2 Å². The normalized spacial score (nSPS) is 12.2. The first-order chi connectivity index (χ1) is 39.0. The molecule has 0 bridgehead atoms. The third kappa shape index (κ3) is 66.3. The van der Waals surface area contributed by atoms with Crippen LogP contribution >= 0.6 is 0 Å². The zero-order valence-corrected chi connectivity index (χ0v) is 53.4. The average molecular weight is 1110 g/mol. The molecule has 0 aliphatic carbocycles. The molecule has 6 heteroatoms. The topological polar surface area (TPSA) is 78.9 Å². The Hall–Kier alpha value is -2.37. The highest BCUT2D eigenvalue weighted by atomic mass is 16.6. The highest BCUT2D eigenvalue weighted by Gasteiger charge is 2.19. The standard InChI is InChI=1S/C73H136O6/c1-4-7-10-13-16-19-22-25-28-30-32-34-36-38-39-41-43-45-48-51-54-57-60-63-66-72(75)78-69-70(68-77-71(74)65-62-59-56-53-50-47-27-24-21-18-15-12-9-6-3)79-73(76)67-64-61-58-55-52-49-46-44-42-40-37-35-33-31-29-26-23-20-17-14-11-8-5-2/h15,18,24,27,31,33,70H,4-14,16-17,19-23,25-26,28-30,32,34-69H2,1-3H3/b18-15-,27-24-,33-31-. The fraction of sp³-hybridized carbons (Fsp3) is 0.877. The Morgan fingerprint density at radius 1 is 0.253 bits per heavy atom. The summed E-state index contributed by atoms with van der Waals surface area (Å²) in [4.78, 5) is 38.4. The lowest BCUT2D eigenvalue weighted by Gasteiger charge is -2.18. The maximum Gasteiger partial charge on any atom is 0.306 e. The Morgan fingerprint density at radius 2 is 0.468 bits per heavy atom. The van der Waals surface area contributed by atoms with Gasteiger partial charge in [-0.3, -0.25) is 14.4 Å². The molecule has 0 radical (unpaired) electrons. The van der Waals surface area contributed by atoms with E-state index in [1.165, 1.54) is 276 Å². The van der Waals surface area contributed by atoms with Crippen molar-refractivity contribution in [1.82, 2.24) is 0 Å². The largest absolute Gasteiger partial charge is 0.462 e. The van der Waals surface area contributed by atoms with Crippen molar-refractivity contribution in [2.45, 2.75) is 399 Å². The number of esters is 3. The van der Waals surface area contributed by atoms with Crippen molar-refractivity contribution in [2.75, 3.05) is 13.2 Å². The van der Waals surface area contributed by atoms with Crippen molar-refractivity contribution in [1.29, 1.82) is 0 Å². The van der Waals surface area contributed by atoms with Crippen LogP contribution in [0.5, 0.6) is 0 Å². The first-order valence-corrected chi connectivity index (χ1v) is 35.5. The summed E-state index contributed by atoms with van der Waals surface area (Å²) in [5, 5.41) is 0. The lowest BCUT2D eigenvalue weighted by molar-refractivity contribution is -0.167. The number of unbranched alkanes of at least 4 members (excludes halogenated alkanes) is 49.